The summed E-state index contributed by atoms with van der Waals surface area (Å²) in [6.45, 7) is 2.63. The molecule has 1 saturated heterocycles. The van der Waals surface area contributed by atoms with Crippen LogP contribution in [0.4, 0.5) is 0 Å². The molecule has 4 heteroatoms. The Kier molecular flexibility index (Phi) is 2.88. The number of nitrogens with zero attached hydrogens (tertiary/aromatic N) is 3. The fourth-order valence-corrected chi connectivity index (χ4v) is 2.12. The van der Waals surface area contributed by atoms with Crippen LogP contribution < -0.4 is 0 Å². The lowest BCUT2D eigenvalue weighted by Crippen LogP contribution is -2.10. The van der Waals surface area contributed by atoms with Gasteiger partial charge in [-0.05, 0) is 6.42 Å². The van der Waals surface area contributed by atoms with E-state index >= 15 is 0 Å². The quantitative estimate of drug-likeness (QED) is 0.808. The van der Waals surface area contributed by atoms with Gasteiger partial charge in [-0.15, -0.1) is 5.10 Å². The van der Waals surface area contributed by atoms with Gasteiger partial charge in [0.25, 0.3) is 0 Å². The molecule has 2 heterocycles. The van der Waals surface area contributed by atoms with Crippen molar-refractivity contribution in [2.45, 2.75) is 13.0 Å². The van der Waals surface area contributed by atoms with Gasteiger partial charge in [0, 0.05) is 24.6 Å². The average Bonchev–Trinajstić information content (AvgIpc) is 3.02. The third kappa shape index (κ3) is 2.36. The van der Waals surface area contributed by atoms with Crippen LogP contribution in [-0.2, 0) is 11.3 Å². The molecule has 2 aromatic rings. The molecule has 88 valence electrons. The second-order valence-electron chi connectivity index (χ2n) is 4.42. The van der Waals surface area contributed by atoms with Crippen LogP contribution in [0.25, 0.3) is 11.3 Å². The van der Waals surface area contributed by atoms with Gasteiger partial charge in [-0.3, -0.25) is 4.68 Å². The molecule has 1 unspecified atom stereocenters. The van der Waals surface area contributed by atoms with Crippen molar-refractivity contribution in [3.05, 3.63) is 36.5 Å². The first-order valence-corrected chi connectivity index (χ1v) is 5.95. The highest BCUT2D eigenvalue weighted by Gasteiger charge is 2.16. The summed E-state index contributed by atoms with van der Waals surface area (Å²) in [5, 5.41) is 8.37. The lowest BCUT2D eigenvalue weighted by Gasteiger charge is -2.05. The Hall–Kier alpha value is -1.68. The largest absolute Gasteiger partial charge is 0.381 e. The molecule has 1 atom stereocenters. The van der Waals surface area contributed by atoms with Gasteiger partial charge in [-0.2, -0.15) is 0 Å². The van der Waals surface area contributed by atoms with E-state index in [2.05, 4.69) is 10.3 Å². The number of rotatable bonds is 3. The molecule has 1 fully saturated rings. The maximum atomic E-state index is 5.36. The molecular weight excluding hydrogens is 214 g/mol. The number of hydrogen-bond donors (Lipinski definition) is 0. The molecule has 1 aromatic carbocycles. The molecule has 0 aliphatic carbocycles. The fraction of sp³-hybridized carbons (Fsp3) is 0.385. The van der Waals surface area contributed by atoms with Gasteiger partial charge >= 0.3 is 0 Å². The van der Waals surface area contributed by atoms with Crippen molar-refractivity contribution in [1.82, 2.24) is 15.0 Å². The van der Waals surface area contributed by atoms with Crippen molar-refractivity contribution < 1.29 is 4.74 Å². The van der Waals surface area contributed by atoms with E-state index in [4.69, 9.17) is 4.74 Å². The second kappa shape index (κ2) is 4.67. The highest BCUT2D eigenvalue weighted by atomic mass is 16.5. The normalized spacial score (nSPS) is 19.6. The Labute approximate surface area is 100 Å². The van der Waals surface area contributed by atoms with Gasteiger partial charge in [0.1, 0.15) is 5.69 Å². The van der Waals surface area contributed by atoms with Crippen molar-refractivity contribution in [3.8, 4) is 11.3 Å². The van der Waals surface area contributed by atoms with Crippen molar-refractivity contribution in [2.75, 3.05) is 13.2 Å². The molecule has 17 heavy (non-hydrogen) atoms. The Morgan fingerprint density at radius 1 is 1.29 bits per heavy atom. The second-order valence-corrected chi connectivity index (χ2v) is 4.42. The van der Waals surface area contributed by atoms with E-state index in [1.165, 1.54) is 0 Å². The Morgan fingerprint density at radius 2 is 2.18 bits per heavy atom. The highest BCUT2D eigenvalue weighted by Crippen LogP contribution is 2.17. The van der Waals surface area contributed by atoms with Gasteiger partial charge in [-0.1, -0.05) is 35.5 Å². The summed E-state index contributed by atoms with van der Waals surface area (Å²) in [5.41, 5.74) is 2.05. The van der Waals surface area contributed by atoms with Gasteiger partial charge in [0.05, 0.1) is 12.8 Å². The van der Waals surface area contributed by atoms with E-state index in [-0.39, 0.29) is 0 Å². The van der Waals surface area contributed by atoms with Crippen molar-refractivity contribution in [3.63, 3.8) is 0 Å². The molecule has 0 spiro atoms. The molecule has 1 aliphatic rings. The van der Waals surface area contributed by atoms with E-state index in [1.54, 1.807) is 0 Å². The van der Waals surface area contributed by atoms with Gasteiger partial charge in [0.2, 0.25) is 0 Å². The monoisotopic (exact) mass is 229 g/mol. The summed E-state index contributed by atoms with van der Waals surface area (Å²) >= 11 is 0. The van der Waals surface area contributed by atoms with Crippen LogP contribution in [-0.4, -0.2) is 28.2 Å². The van der Waals surface area contributed by atoms with Crippen LogP contribution in [0.3, 0.4) is 0 Å². The fourth-order valence-electron chi connectivity index (χ4n) is 2.12. The van der Waals surface area contributed by atoms with Crippen LogP contribution >= 0.6 is 0 Å². The predicted molar refractivity (Wildman–Crippen MR) is 64.4 cm³/mol. The maximum Gasteiger partial charge on any atom is 0.113 e. The molecule has 0 bridgehead atoms. The van der Waals surface area contributed by atoms with Crippen LogP contribution in [0, 0.1) is 5.92 Å². The number of ether oxygens (including phenoxy) is 1. The van der Waals surface area contributed by atoms with Crippen molar-refractivity contribution >= 4 is 0 Å². The zero-order valence-corrected chi connectivity index (χ0v) is 9.62. The molecule has 1 aliphatic heterocycles. The van der Waals surface area contributed by atoms with E-state index in [9.17, 15) is 0 Å². The SMILES string of the molecule is c1ccc(-c2cn(CC3CCOC3)nn2)cc1. The number of aromatic nitrogens is 3. The molecular formula is C13H15N3O. The van der Waals surface area contributed by atoms with Crippen LogP contribution in [0.5, 0.6) is 0 Å². The predicted octanol–water partition coefficient (Wildman–Crippen LogP) is 1.98. The van der Waals surface area contributed by atoms with Crippen LogP contribution in [0.15, 0.2) is 36.5 Å². The Balaban J connectivity index is 1.74. The van der Waals surface area contributed by atoms with Gasteiger partial charge in [-0.25, -0.2) is 0 Å². The first kappa shape index (κ1) is 10.5. The minimum Gasteiger partial charge on any atom is -0.381 e. The smallest absolute Gasteiger partial charge is 0.113 e. The summed E-state index contributed by atoms with van der Waals surface area (Å²) in [4.78, 5) is 0. The molecule has 0 saturated carbocycles. The lowest BCUT2D eigenvalue weighted by molar-refractivity contribution is 0.181. The van der Waals surface area contributed by atoms with Crippen LogP contribution in [0.1, 0.15) is 6.42 Å². The molecule has 1 aromatic heterocycles. The van der Waals surface area contributed by atoms with Gasteiger partial charge < -0.3 is 4.74 Å². The number of hydrogen-bond acceptors (Lipinski definition) is 3. The van der Waals surface area contributed by atoms with Crippen molar-refractivity contribution in [2.24, 2.45) is 5.92 Å². The minimum absolute atomic E-state index is 0.584. The summed E-state index contributed by atoms with van der Waals surface area (Å²) < 4.78 is 7.28. The average molecular weight is 229 g/mol. The molecule has 0 radical (unpaired) electrons. The van der Waals surface area contributed by atoms with E-state index in [1.807, 2.05) is 41.2 Å². The zero-order chi connectivity index (χ0) is 11.5. The lowest BCUT2D eigenvalue weighted by atomic mass is 10.1. The standard InChI is InChI=1S/C13H15N3O/c1-2-4-12(5-3-1)13-9-16(15-14-13)8-11-6-7-17-10-11/h1-5,9,11H,6-8,10H2. The summed E-state index contributed by atoms with van der Waals surface area (Å²) in [7, 11) is 0. The first-order valence-electron chi connectivity index (χ1n) is 5.95. The topological polar surface area (TPSA) is 39.9 Å². The zero-order valence-electron chi connectivity index (χ0n) is 9.62. The Bertz CT molecular complexity index is 474. The summed E-state index contributed by atoms with van der Waals surface area (Å²) in [6, 6.07) is 10.1. The summed E-state index contributed by atoms with van der Waals surface area (Å²) in [5.74, 6) is 0.584. The Morgan fingerprint density at radius 3 is 2.94 bits per heavy atom. The molecule has 0 N–H and O–H groups in total. The third-order valence-electron chi connectivity index (χ3n) is 3.08. The van der Waals surface area contributed by atoms with Gasteiger partial charge in [0.15, 0.2) is 0 Å². The van der Waals surface area contributed by atoms with E-state index < -0.39 is 0 Å². The first-order chi connectivity index (χ1) is 8.42. The molecule has 0 amide bonds. The molecule has 4 nitrogen and oxygen atoms in total. The molecule has 3 rings (SSSR count). The third-order valence-corrected chi connectivity index (χ3v) is 3.08. The van der Waals surface area contributed by atoms with E-state index in [0.29, 0.717) is 5.92 Å². The number of benzene rings is 1. The van der Waals surface area contributed by atoms with E-state index in [0.717, 1.165) is 37.4 Å². The minimum atomic E-state index is 0.584. The summed E-state index contributed by atoms with van der Waals surface area (Å²) in [6.07, 6.45) is 3.13. The highest BCUT2D eigenvalue weighted by molar-refractivity contribution is 5.57. The van der Waals surface area contributed by atoms with Crippen LogP contribution in [0.2, 0.25) is 0 Å². The maximum absolute atomic E-state index is 5.36. The van der Waals surface area contributed by atoms with Crippen molar-refractivity contribution in [1.29, 1.82) is 0 Å².